The predicted molar refractivity (Wildman–Crippen MR) is 107 cm³/mol. The fourth-order valence-corrected chi connectivity index (χ4v) is 3.06. The van der Waals surface area contributed by atoms with Crippen molar-refractivity contribution in [2.45, 2.75) is 20.4 Å². The van der Waals surface area contributed by atoms with E-state index in [9.17, 15) is 4.79 Å². The fourth-order valence-electron chi connectivity index (χ4n) is 3.06. The third-order valence-corrected chi connectivity index (χ3v) is 4.21. The van der Waals surface area contributed by atoms with Gasteiger partial charge in [0.2, 0.25) is 5.91 Å². The minimum atomic E-state index is -0.160. The number of anilines is 1. The van der Waals surface area contributed by atoms with E-state index < -0.39 is 0 Å². The van der Waals surface area contributed by atoms with Gasteiger partial charge in [-0.1, -0.05) is 36.4 Å². The number of aryl methyl sites for hydroxylation is 2. The Kier molecular flexibility index (Phi) is 4.72. The lowest BCUT2D eigenvalue weighted by Gasteiger charge is -2.10. The number of rotatable bonds is 5. The van der Waals surface area contributed by atoms with Crippen molar-refractivity contribution in [3.05, 3.63) is 78.4 Å². The number of imidazole rings is 1. The van der Waals surface area contributed by atoms with Crippen LogP contribution in [0, 0.1) is 13.8 Å². The maximum Gasteiger partial charge on any atom is 0.245 e. The summed E-state index contributed by atoms with van der Waals surface area (Å²) in [4.78, 5) is 21.6. The molecule has 0 saturated heterocycles. The average Bonchev–Trinajstić information content (AvgIpc) is 3.25. The molecular formula is C21H20N6O. The highest BCUT2D eigenvalue weighted by atomic mass is 16.2. The number of pyridine rings is 1. The molecule has 28 heavy (non-hydrogen) atoms. The molecule has 3 aromatic heterocycles. The summed E-state index contributed by atoms with van der Waals surface area (Å²) < 4.78 is 3.48. The Balaban J connectivity index is 1.57. The van der Waals surface area contributed by atoms with Gasteiger partial charge in [-0.05, 0) is 26.0 Å². The number of carbonyl (C=O) groups is 1. The Morgan fingerprint density at radius 3 is 2.57 bits per heavy atom. The van der Waals surface area contributed by atoms with Crippen molar-refractivity contribution >= 4 is 11.7 Å². The number of hydrogen-bond donors (Lipinski definition) is 1. The third-order valence-electron chi connectivity index (χ3n) is 4.21. The van der Waals surface area contributed by atoms with Crippen molar-refractivity contribution in [3.8, 4) is 17.2 Å². The Bertz CT molecular complexity index is 1010. The smallest absolute Gasteiger partial charge is 0.245 e. The first kappa shape index (κ1) is 17.7. The number of benzene rings is 1. The van der Waals surface area contributed by atoms with Crippen LogP contribution in [-0.2, 0) is 11.3 Å². The Labute approximate surface area is 162 Å². The van der Waals surface area contributed by atoms with Crippen LogP contribution in [-0.4, -0.2) is 30.2 Å². The molecule has 0 radical (unpaired) electrons. The molecule has 4 aromatic rings. The monoisotopic (exact) mass is 372 g/mol. The predicted octanol–water partition coefficient (Wildman–Crippen LogP) is 3.39. The summed E-state index contributed by atoms with van der Waals surface area (Å²) in [5.74, 6) is 1.84. The second kappa shape index (κ2) is 7.48. The third kappa shape index (κ3) is 3.68. The minimum absolute atomic E-state index is 0.150. The molecule has 1 amide bonds. The number of nitrogens with one attached hydrogen (secondary N) is 1. The molecule has 0 atom stereocenters. The van der Waals surface area contributed by atoms with E-state index in [2.05, 4.69) is 20.4 Å². The fraction of sp³-hybridized carbons (Fsp3) is 0.143. The van der Waals surface area contributed by atoms with Gasteiger partial charge in [-0.25, -0.2) is 9.97 Å². The molecule has 0 bridgehead atoms. The van der Waals surface area contributed by atoms with Gasteiger partial charge in [-0.2, -0.15) is 9.78 Å². The SMILES string of the molecule is Cc1cn(CC(=O)Nc2cc(C)nn2-c2ccccn2)c(-c2ccccc2)n1. The lowest BCUT2D eigenvalue weighted by molar-refractivity contribution is -0.116. The molecule has 0 unspecified atom stereocenters. The molecule has 0 aliphatic carbocycles. The average molecular weight is 372 g/mol. The second-order valence-corrected chi connectivity index (χ2v) is 6.52. The number of carbonyl (C=O) groups excluding carboxylic acids is 1. The summed E-state index contributed by atoms with van der Waals surface area (Å²) in [6.45, 7) is 3.94. The Morgan fingerprint density at radius 2 is 1.82 bits per heavy atom. The van der Waals surface area contributed by atoms with E-state index in [4.69, 9.17) is 0 Å². The molecule has 1 N–H and O–H groups in total. The quantitative estimate of drug-likeness (QED) is 0.582. The molecule has 0 aliphatic rings. The van der Waals surface area contributed by atoms with E-state index in [0.29, 0.717) is 11.6 Å². The van der Waals surface area contributed by atoms with Gasteiger partial charge in [0.15, 0.2) is 5.82 Å². The van der Waals surface area contributed by atoms with Crippen molar-refractivity contribution in [1.82, 2.24) is 24.3 Å². The maximum atomic E-state index is 12.7. The topological polar surface area (TPSA) is 77.6 Å². The van der Waals surface area contributed by atoms with E-state index in [1.165, 1.54) is 0 Å². The molecule has 0 fully saturated rings. The molecule has 3 heterocycles. The number of nitrogens with zero attached hydrogens (tertiary/aromatic N) is 5. The van der Waals surface area contributed by atoms with Gasteiger partial charge >= 0.3 is 0 Å². The van der Waals surface area contributed by atoms with Crippen molar-refractivity contribution in [3.63, 3.8) is 0 Å². The maximum absolute atomic E-state index is 12.7. The number of amides is 1. The summed E-state index contributed by atoms with van der Waals surface area (Å²) in [5.41, 5.74) is 2.63. The first-order valence-corrected chi connectivity index (χ1v) is 8.97. The molecule has 4 rings (SSSR count). The van der Waals surface area contributed by atoms with Gasteiger partial charge in [-0.15, -0.1) is 0 Å². The lowest BCUT2D eigenvalue weighted by atomic mass is 10.2. The summed E-state index contributed by atoms with van der Waals surface area (Å²) >= 11 is 0. The summed E-state index contributed by atoms with van der Waals surface area (Å²) in [7, 11) is 0. The van der Waals surface area contributed by atoms with Crippen LogP contribution in [0.25, 0.3) is 17.2 Å². The first-order valence-electron chi connectivity index (χ1n) is 8.97. The van der Waals surface area contributed by atoms with Crippen LogP contribution in [0.2, 0.25) is 0 Å². The Hall–Kier alpha value is -3.74. The minimum Gasteiger partial charge on any atom is -0.321 e. The molecule has 0 aliphatic heterocycles. The highest BCUT2D eigenvalue weighted by molar-refractivity contribution is 5.90. The van der Waals surface area contributed by atoms with Crippen LogP contribution in [0.3, 0.4) is 0 Å². The Morgan fingerprint density at radius 1 is 1.04 bits per heavy atom. The van der Waals surface area contributed by atoms with Crippen LogP contribution in [0.4, 0.5) is 5.82 Å². The summed E-state index contributed by atoms with van der Waals surface area (Å²) in [6.07, 6.45) is 3.57. The largest absolute Gasteiger partial charge is 0.321 e. The lowest BCUT2D eigenvalue weighted by Crippen LogP contribution is -2.21. The number of hydrogen-bond acceptors (Lipinski definition) is 4. The number of aromatic nitrogens is 5. The van der Waals surface area contributed by atoms with Gasteiger partial charge in [0, 0.05) is 24.0 Å². The zero-order valence-corrected chi connectivity index (χ0v) is 15.7. The van der Waals surface area contributed by atoms with E-state index in [1.807, 2.05) is 79.2 Å². The van der Waals surface area contributed by atoms with Crippen LogP contribution in [0.15, 0.2) is 67.0 Å². The van der Waals surface area contributed by atoms with Crippen molar-refractivity contribution in [2.24, 2.45) is 0 Å². The molecule has 140 valence electrons. The van der Waals surface area contributed by atoms with Crippen LogP contribution in [0.5, 0.6) is 0 Å². The second-order valence-electron chi connectivity index (χ2n) is 6.52. The van der Waals surface area contributed by atoms with Gasteiger partial charge in [-0.3, -0.25) is 4.79 Å². The van der Waals surface area contributed by atoms with Gasteiger partial charge in [0.05, 0.1) is 11.4 Å². The van der Waals surface area contributed by atoms with E-state index in [0.717, 1.165) is 22.8 Å². The summed E-state index contributed by atoms with van der Waals surface area (Å²) in [6, 6.07) is 17.2. The van der Waals surface area contributed by atoms with Crippen LogP contribution in [0.1, 0.15) is 11.4 Å². The van der Waals surface area contributed by atoms with Crippen LogP contribution < -0.4 is 5.32 Å². The zero-order chi connectivity index (χ0) is 19.5. The standard InChI is InChI=1S/C21H20N6O/c1-15-12-19(27(25-15)18-10-6-7-11-22-18)24-20(28)14-26-13-16(2)23-21(26)17-8-4-3-5-9-17/h3-13H,14H2,1-2H3,(H,24,28). The van der Waals surface area contributed by atoms with Gasteiger partial charge in [0.25, 0.3) is 0 Å². The van der Waals surface area contributed by atoms with Crippen molar-refractivity contribution < 1.29 is 4.79 Å². The van der Waals surface area contributed by atoms with Crippen LogP contribution >= 0.6 is 0 Å². The van der Waals surface area contributed by atoms with E-state index >= 15 is 0 Å². The van der Waals surface area contributed by atoms with Gasteiger partial charge < -0.3 is 9.88 Å². The normalized spacial score (nSPS) is 10.8. The van der Waals surface area contributed by atoms with E-state index in [-0.39, 0.29) is 12.5 Å². The highest BCUT2D eigenvalue weighted by Crippen LogP contribution is 2.19. The summed E-state index contributed by atoms with van der Waals surface area (Å²) in [5, 5.41) is 7.37. The highest BCUT2D eigenvalue weighted by Gasteiger charge is 2.15. The molecule has 1 aromatic carbocycles. The van der Waals surface area contributed by atoms with Crippen molar-refractivity contribution in [1.29, 1.82) is 0 Å². The first-order chi connectivity index (χ1) is 13.6. The van der Waals surface area contributed by atoms with E-state index in [1.54, 1.807) is 10.9 Å². The zero-order valence-electron chi connectivity index (χ0n) is 15.7. The molecule has 0 saturated carbocycles. The molecule has 0 spiro atoms. The molecular weight excluding hydrogens is 352 g/mol. The van der Waals surface area contributed by atoms with Crippen molar-refractivity contribution in [2.75, 3.05) is 5.32 Å². The van der Waals surface area contributed by atoms with Gasteiger partial charge in [0.1, 0.15) is 18.2 Å². The molecule has 7 heteroatoms. The molecule has 7 nitrogen and oxygen atoms in total.